The van der Waals surface area contributed by atoms with E-state index >= 15 is 0 Å². The molecule has 0 atom stereocenters. The Kier molecular flexibility index (Phi) is 3.66. The van der Waals surface area contributed by atoms with Crippen molar-refractivity contribution in [2.45, 2.75) is 18.6 Å². The van der Waals surface area contributed by atoms with Crippen molar-refractivity contribution in [3.63, 3.8) is 0 Å². The van der Waals surface area contributed by atoms with E-state index < -0.39 is 11.6 Å². The Balaban J connectivity index is 1.97. The average Bonchev–Trinajstić information content (AvgIpc) is 2.23. The monoisotopic (exact) mass is 255 g/mol. The fourth-order valence-corrected chi connectivity index (χ4v) is 1.99. The Morgan fingerprint density at radius 1 is 1.47 bits per heavy atom. The maximum Gasteiger partial charge on any atom is 0.306 e. The molecule has 1 aliphatic heterocycles. The lowest BCUT2D eigenvalue weighted by molar-refractivity contribution is -0.152. The summed E-state index contributed by atoms with van der Waals surface area (Å²) in [5.41, 5.74) is 0.302. The molecule has 1 heterocycles. The summed E-state index contributed by atoms with van der Waals surface area (Å²) in [6.07, 6.45) is 0.0183. The minimum Gasteiger partial charge on any atom is -0.481 e. The van der Waals surface area contributed by atoms with Crippen LogP contribution in [0, 0.1) is 0 Å². The molecule has 0 saturated carbocycles. The maximum atomic E-state index is 10.8. The molecular weight excluding hydrogens is 242 g/mol. The molecule has 0 spiro atoms. The summed E-state index contributed by atoms with van der Waals surface area (Å²) in [5, 5.41) is 12.5. The molecule has 5 heteroatoms. The zero-order valence-corrected chi connectivity index (χ0v) is 10.0. The molecule has 92 valence electrons. The van der Waals surface area contributed by atoms with Gasteiger partial charge in [-0.2, -0.15) is 0 Å². The molecule has 1 aromatic carbocycles. The van der Waals surface area contributed by atoms with Gasteiger partial charge in [0, 0.05) is 18.1 Å². The highest BCUT2D eigenvalue weighted by Gasteiger charge is 2.40. The molecule has 1 aliphatic rings. The van der Waals surface area contributed by atoms with Crippen molar-refractivity contribution in [2.75, 3.05) is 13.1 Å². The smallest absolute Gasteiger partial charge is 0.306 e. The summed E-state index contributed by atoms with van der Waals surface area (Å²) in [4.78, 5) is 10.8. The van der Waals surface area contributed by atoms with Gasteiger partial charge in [-0.05, 0) is 11.6 Å². The van der Waals surface area contributed by atoms with Crippen LogP contribution in [0.15, 0.2) is 24.3 Å². The normalized spacial score (nSPS) is 17.5. The van der Waals surface area contributed by atoms with E-state index in [9.17, 15) is 4.79 Å². The number of halogens is 1. The number of carboxylic acids is 1. The first-order valence-electron chi connectivity index (χ1n) is 5.41. The Morgan fingerprint density at radius 2 is 2.18 bits per heavy atom. The van der Waals surface area contributed by atoms with Gasteiger partial charge in [0.1, 0.15) is 5.60 Å². The van der Waals surface area contributed by atoms with Crippen molar-refractivity contribution in [3.8, 4) is 0 Å². The maximum absolute atomic E-state index is 10.8. The number of rotatable bonds is 5. The molecule has 0 bridgehead atoms. The van der Waals surface area contributed by atoms with Gasteiger partial charge < -0.3 is 15.2 Å². The van der Waals surface area contributed by atoms with Crippen LogP contribution in [0.3, 0.4) is 0 Å². The molecule has 2 N–H and O–H groups in total. The predicted octanol–water partition coefficient (Wildman–Crippen LogP) is 1.67. The van der Waals surface area contributed by atoms with E-state index in [1.165, 1.54) is 0 Å². The van der Waals surface area contributed by atoms with Gasteiger partial charge >= 0.3 is 5.97 Å². The quantitative estimate of drug-likeness (QED) is 0.840. The van der Waals surface area contributed by atoms with Gasteiger partial charge in [-0.1, -0.05) is 29.8 Å². The second-order valence-corrected chi connectivity index (χ2v) is 4.64. The Bertz CT molecular complexity index is 418. The summed E-state index contributed by atoms with van der Waals surface area (Å²) in [6, 6.07) is 7.41. The molecule has 0 unspecified atom stereocenters. The summed E-state index contributed by atoms with van der Waals surface area (Å²) in [6.45, 7) is 1.49. The van der Waals surface area contributed by atoms with E-state index in [1.54, 1.807) is 6.07 Å². The molecule has 1 fully saturated rings. The molecule has 0 radical (unpaired) electrons. The minimum absolute atomic E-state index is 0.0183. The zero-order chi connectivity index (χ0) is 12.3. The largest absolute Gasteiger partial charge is 0.481 e. The van der Waals surface area contributed by atoms with Gasteiger partial charge in [0.25, 0.3) is 0 Å². The predicted molar refractivity (Wildman–Crippen MR) is 64.1 cm³/mol. The minimum atomic E-state index is -0.842. The molecule has 2 rings (SSSR count). The second kappa shape index (κ2) is 5.04. The number of benzene rings is 1. The van der Waals surface area contributed by atoms with Crippen LogP contribution in [0.5, 0.6) is 0 Å². The van der Waals surface area contributed by atoms with Crippen LogP contribution >= 0.6 is 11.6 Å². The van der Waals surface area contributed by atoms with Crippen LogP contribution in [0.1, 0.15) is 12.0 Å². The van der Waals surface area contributed by atoms with E-state index in [2.05, 4.69) is 5.32 Å². The van der Waals surface area contributed by atoms with Gasteiger partial charge in [0.05, 0.1) is 13.0 Å². The first kappa shape index (κ1) is 12.4. The molecule has 0 aliphatic carbocycles. The first-order chi connectivity index (χ1) is 8.11. The third-order valence-corrected chi connectivity index (χ3v) is 3.23. The zero-order valence-electron chi connectivity index (χ0n) is 9.28. The highest BCUT2D eigenvalue weighted by molar-refractivity contribution is 6.31. The van der Waals surface area contributed by atoms with E-state index in [0.717, 1.165) is 5.56 Å². The van der Waals surface area contributed by atoms with Gasteiger partial charge in [0.15, 0.2) is 0 Å². The van der Waals surface area contributed by atoms with Crippen molar-refractivity contribution >= 4 is 17.6 Å². The summed E-state index contributed by atoms with van der Waals surface area (Å²) >= 11 is 6.01. The summed E-state index contributed by atoms with van der Waals surface area (Å²) in [5.74, 6) is -0.842. The number of nitrogens with one attached hydrogen (secondary N) is 1. The lowest BCUT2D eigenvalue weighted by Crippen LogP contribution is -2.61. The van der Waals surface area contributed by atoms with E-state index in [1.807, 2.05) is 18.2 Å². The number of aliphatic carboxylic acids is 1. The molecule has 0 amide bonds. The molecule has 0 aromatic heterocycles. The van der Waals surface area contributed by atoms with Crippen molar-refractivity contribution in [1.29, 1.82) is 0 Å². The molecule has 1 saturated heterocycles. The third kappa shape index (κ3) is 2.97. The molecule has 17 heavy (non-hydrogen) atoms. The van der Waals surface area contributed by atoms with Crippen molar-refractivity contribution in [3.05, 3.63) is 34.9 Å². The molecular formula is C12H14ClNO3. The van der Waals surface area contributed by atoms with Crippen molar-refractivity contribution < 1.29 is 14.6 Å². The van der Waals surface area contributed by atoms with Gasteiger partial charge in [-0.15, -0.1) is 0 Å². The average molecular weight is 256 g/mol. The summed E-state index contributed by atoms with van der Waals surface area (Å²) < 4.78 is 5.72. The first-order valence-corrected chi connectivity index (χ1v) is 5.79. The Hall–Kier alpha value is -1.10. The highest BCUT2D eigenvalue weighted by Crippen LogP contribution is 2.25. The highest BCUT2D eigenvalue weighted by atomic mass is 35.5. The van der Waals surface area contributed by atoms with E-state index in [0.29, 0.717) is 24.7 Å². The van der Waals surface area contributed by atoms with E-state index in [4.69, 9.17) is 21.4 Å². The van der Waals surface area contributed by atoms with Crippen LogP contribution < -0.4 is 5.32 Å². The van der Waals surface area contributed by atoms with Crippen LogP contribution in [-0.2, 0) is 16.1 Å². The van der Waals surface area contributed by atoms with Crippen LogP contribution in [0.4, 0.5) is 0 Å². The van der Waals surface area contributed by atoms with Gasteiger partial charge in [0.2, 0.25) is 0 Å². The lowest BCUT2D eigenvalue weighted by Gasteiger charge is -2.41. The number of carboxylic acid groups (broad SMARTS) is 1. The Morgan fingerprint density at radius 3 is 2.71 bits per heavy atom. The molecule has 4 nitrogen and oxygen atoms in total. The number of hydrogen-bond acceptors (Lipinski definition) is 3. The fourth-order valence-electron chi connectivity index (χ4n) is 1.80. The van der Waals surface area contributed by atoms with Crippen molar-refractivity contribution in [1.82, 2.24) is 5.32 Å². The standard InChI is InChI=1S/C12H14ClNO3/c13-10-4-2-1-3-9(10)6-17-12(5-11(15)16)7-14-8-12/h1-4,14H,5-8H2,(H,15,16). The number of hydrogen-bond donors (Lipinski definition) is 2. The summed E-state index contributed by atoms with van der Waals surface area (Å²) in [7, 11) is 0. The van der Waals surface area contributed by atoms with Crippen LogP contribution in [0.25, 0.3) is 0 Å². The van der Waals surface area contributed by atoms with Gasteiger partial charge in [-0.3, -0.25) is 4.79 Å². The van der Waals surface area contributed by atoms with E-state index in [-0.39, 0.29) is 6.42 Å². The number of ether oxygens (including phenoxy) is 1. The molecule has 1 aromatic rings. The van der Waals surface area contributed by atoms with Crippen LogP contribution in [0.2, 0.25) is 5.02 Å². The van der Waals surface area contributed by atoms with Crippen LogP contribution in [-0.4, -0.2) is 29.8 Å². The van der Waals surface area contributed by atoms with Crippen molar-refractivity contribution in [2.24, 2.45) is 0 Å². The second-order valence-electron chi connectivity index (χ2n) is 4.24. The number of carbonyl (C=O) groups is 1. The topological polar surface area (TPSA) is 58.6 Å². The Labute approximate surface area is 105 Å². The SMILES string of the molecule is O=C(O)CC1(OCc2ccccc2Cl)CNC1. The fraction of sp³-hybridized carbons (Fsp3) is 0.417. The third-order valence-electron chi connectivity index (χ3n) is 2.86. The van der Waals surface area contributed by atoms with Gasteiger partial charge in [-0.25, -0.2) is 0 Å². The lowest BCUT2D eigenvalue weighted by atomic mass is 9.92.